The predicted molar refractivity (Wildman–Crippen MR) is 255 cm³/mol. The van der Waals surface area contributed by atoms with Crippen LogP contribution in [0.2, 0.25) is 0 Å². The minimum absolute atomic E-state index is 0. The van der Waals surface area contributed by atoms with Gasteiger partial charge in [0, 0.05) is 73.5 Å². The third kappa shape index (κ3) is 5.44. The van der Waals surface area contributed by atoms with Crippen molar-refractivity contribution in [3.63, 3.8) is 0 Å². The van der Waals surface area contributed by atoms with Crippen LogP contribution in [0.15, 0.2) is 139 Å². The summed E-state index contributed by atoms with van der Waals surface area (Å²) in [5.41, 5.74) is 5.20. The molecule has 13 heteroatoms. The summed E-state index contributed by atoms with van der Waals surface area (Å²) in [6.07, 6.45) is 0. The van der Waals surface area contributed by atoms with Crippen LogP contribution in [0.1, 0.15) is 0 Å². The van der Waals surface area contributed by atoms with Crippen LogP contribution in [0.4, 0.5) is 0 Å². The van der Waals surface area contributed by atoms with E-state index in [2.05, 4.69) is 137 Å². The van der Waals surface area contributed by atoms with Crippen molar-refractivity contribution in [3.8, 4) is 45.6 Å². The van der Waals surface area contributed by atoms with Crippen molar-refractivity contribution < 1.29 is 17.1 Å². The van der Waals surface area contributed by atoms with Gasteiger partial charge in [-0.2, -0.15) is 0 Å². The van der Waals surface area contributed by atoms with Gasteiger partial charge in [-0.05, 0) is 142 Å². The monoisotopic (exact) mass is 1080 g/mol. The first-order valence-corrected chi connectivity index (χ1v) is 22.1. The molecular weight excluding hydrogens is 1060 g/mol. The smallest absolute Gasteiger partial charge is 0.357 e. The van der Waals surface area contributed by atoms with Gasteiger partial charge in [0.2, 0.25) is 0 Å². The Morgan fingerprint density at radius 1 is 0.328 bits per heavy atom. The zero-order chi connectivity index (χ0) is 40.0. The van der Waals surface area contributed by atoms with Crippen molar-refractivity contribution in [2.45, 2.75) is 0 Å². The Morgan fingerprint density at radius 3 is 1.05 bits per heavy atom. The fourth-order valence-corrected chi connectivity index (χ4v) is 11.7. The molecule has 0 amide bonds. The topological polar surface area (TPSA) is 106 Å². The molecular formula is C48H20Br4MnN8. The Labute approximate surface area is 389 Å². The summed E-state index contributed by atoms with van der Waals surface area (Å²) in [6.45, 7) is 0. The van der Waals surface area contributed by atoms with Gasteiger partial charge in [-0.15, -0.1) is 0 Å². The van der Waals surface area contributed by atoms with Gasteiger partial charge < -0.3 is 29.9 Å². The van der Waals surface area contributed by atoms with Gasteiger partial charge in [0.05, 0.1) is 23.3 Å². The van der Waals surface area contributed by atoms with Gasteiger partial charge in [-0.1, -0.05) is 97.1 Å². The number of halogens is 4. The van der Waals surface area contributed by atoms with Gasteiger partial charge in [0.1, 0.15) is 0 Å². The van der Waals surface area contributed by atoms with Crippen LogP contribution in [0.25, 0.3) is 133 Å². The zero-order valence-corrected chi connectivity index (χ0v) is 38.5. The van der Waals surface area contributed by atoms with Gasteiger partial charge in [0.25, 0.3) is 0 Å². The van der Waals surface area contributed by atoms with Crippen LogP contribution in [0.5, 0.6) is 0 Å². The Bertz CT molecular complexity index is 3720. The van der Waals surface area contributed by atoms with E-state index in [9.17, 15) is 0 Å². The number of hydrogen-bond donors (Lipinski definition) is 0. The molecule has 1 radical (unpaired) electrons. The second kappa shape index (κ2) is 13.8. The number of benzene rings is 8. The van der Waals surface area contributed by atoms with E-state index in [-0.39, 0.29) is 17.1 Å². The second-order valence-corrected chi connectivity index (χ2v) is 18.0. The van der Waals surface area contributed by atoms with Crippen molar-refractivity contribution in [3.05, 3.63) is 139 Å². The maximum atomic E-state index is 5.31. The molecule has 0 fully saturated rings. The Hall–Kier alpha value is -5.40. The quantitative estimate of drug-likeness (QED) is 0.138. The van der Waals surface area contributed by atoms with Gasteiger partial charge in [0.15, 0.2) is 0 Å². The number of nitrogens with zero attached hydrogens (tertiary/aromatic N) is 8. The average Bonchev–Trinajstić information content (AvgIpc) is 3.99. The molecule has 11 aromatic rings. The molecule has 0 N–H and O–H groups in total. The summed E-state index contributed by atoms with van der Waals surface area (Å²) in [7, 11) is 0. The van der Waals surface area contributed by atoms with E-state index < -0.39 is 0 Å². The summed E-state index contributed by atoms with van der Waals surface area (Å²) in [4.78, 5) is 42.1. The normalized spacial score (nSPS) is 12.1. The number of fused-ring (bicyclic) bond motifs is 24. The maximum Gasteiger partial charge on any atom is 2.00 e. The van der Waals surface area contributed by atoms with E-state index >= 15 is 0 Å². The van der Waals surface area contributed by atoms with Crippen LogP contribution in [0, 0.1) is 0 Å². The van der Waals surface area contributed by atoms with Crippen molar-refractivity contribution in [2.75, 3.05) is 0 Å². The van der Waals surface area contributed by atoms with E-state index in [1.165, 1.54) is 0 Å². The third-order valence-electron chi connectivity index (χ3n) is 11.5. The minimum Gasteiger partial charge on any atom is -0.357 e. The molecule has 0 unspecified atom stereocenters. The summed E-state index contributed by atoms with van der Waals surface area (Å²) in [5, 5.41) is 11.6. The largest absolute Gasteiger partial charge is 2.00 e. The predicted octanol–water partition coefficient (Wildman–Crippen LogP) is 13.8. The van der Waals surface area contributed by atoms with Gasteiger partial charge in [-0.25, -0.2) is 9.97 Å². The van der Waals surface area contributed by atoms with E-state index in [1.807, 2.05) is 48.5 Å². The maximum absolute atomic E-state index is 5.31. The van der Waals surface area contributed by atoms with Crippen LogP contribution in [0.3, 0.4) is 0 Å². The van der Waals surface area contributed by atoms with E-state index in [1.54, 1.807) is 0 Å². The molecule has 8 bridgehead atoms. The molecule has 0 saturated carbocycles. The van der Waals surface area contributed by atoms with Crippen LogP contribution in [-0.2, 0) is 17.1 Å². The molecule has 2 aliphatic heterocycles. The summed E-state index contributed by atoms with van der Waals surface area (Å²) in [5.74, 6) is 1.91. The molecule has 0 atom stereocenters. The molecule has 0 saturated heterocycles. The number of aromatic nitrogens is 8. The molecule has 8 nitrogen and oxygen atoms in total. The zero-order valence-electron chi connectivity index (χ0n) is 31.0. The average molecular weight is 1080 g/mol. The van der Waals surface area contributed by atoms with Gasteiger partial charge in [-0.3, -0.25) is 0 Å². The molecule has 13 rings (SSSR count). The Balaban J connectivity index is 0.00000399. The standard InChI is InChI=1S/C48H20Br4N8.Mn/c49-37-25-13-5-1-9-21(25)17-29-33(37)45-53-41(29)57-46-34-30(18-22-10-2-6-14-26(22)38(34)50)43(54-46)59-48-36-32(20-24-12-4-8-16-28(24)40(36)52)44(56-48)60-47-35-31(42(55-47)58-45)19-23-11-3-7-15-27(23)39(35)51;/h1-20H;/q-2;+2. The first-order chi connectivity index (χ1) is 29.4. The minimum atomic E-state index is 0. The molecule has 8 aromatic carbocycles. The summed E-state index contributed by atoms with van der Waals surface area (Å²) >= 11 is 15.9. The summed E-state index contributed by atoms with van der Waals surface area (Å²) < 4.78 is 3.48. The molecule has 0 aliphatic carbocycles. The van der Waals surface area contributed by atoms with Crippen LogP contribution < -0.4 is 9.97 Å². The second-order valence-electron chi connectivity index (χ2n) is 14.8. The fraction of sp³-hybridized carbons (Fsp3) is 0. The first kappa shape index (κ1) is 37.4. The Kier molecular flexibility index (Phi) is 8.46. The van der Waals surface area contributed by atoms with Crippen molar-refractivity contribution in [2.24, 2.45) is 0 Å². The first-order valence-electron chi connectivity index (χ1n) is 19.0. The van der Waals surface area contributed by atoms with Crippen LogP contribution >= 0.6 is 63.7 Å². The molecule has 0 spiro atoms. The molecule has 3 aromatic heterocycles. The SMILES string of the molecule is Brc1c2c(cc3ccccc13)-c1nc-2nc2[n-]c(nc3nc(nc4[n-]c(n1)c1c(Br)c5ccccc5cc41)-c1c-3cc3ccccc3c1Br)c1c(Br)c3ccccc3cc21.[Mn+2]. The third-order valence-corrected chi connectivity index (χ3v) is 14.8. The Morgan fingerprint density at radius 2 is 0.656 bits per heavy atom. The van der Waals surface area contributed by atoms with E-state index in [0.717, 1.165) is 105 Å². The van der Waals surface area contributed by atoms with E-state index in [4.69, 9.17) is 39.9 Å². The summed E-state index contributed by atoms with van der Waals surface area (Å²) in [6, 6.07) is 41.5. The number of rotatable bonds is 0. The van der Waals surface area contributed by atoms with Crippen LogP contribution in [-0.4, -0.2) is 29.9 Å². The van der Waals surface area contributed by atoms with Crippen molar-refractivity contribution in [1.29, 1.82) is 0 Å². The molecule has 287 valence electrons. The van der Waals surface area contributed by atoms with Crippen molar-refractivity contribution in [1.82, 2.24) is 39.9 Å². The fourth-order valence-electron chi connectivity index (χ4n) is 8.72. The van der Waals surface area contributed by atoms with Crippen molar-refractivity contribution >= 4 is 151 Å². The molecule has 61 heavy (non-hydrogen) atoms. The number of hydrogen-bond acceptors (Lipinski definition) is 6. The van der Waals surface area contributed by atoms with Gasteiger partial charge >= 0.3 is 17.1 Å². The molecule has 5 heterocycles. The molecule has 2 aliphatic rings. The van der Waals surface area contributed by atoms with E-state index in [0.29, 0.717) is 45.9 Å².